The summed E-state index contributed by atoms with van der Waals surface area (Å²) >= 11 is 0. The number of aryl methyl sites for hydroxylation is 1. The molecule has 1 aromatic heterocycles. The van der Waals surface area contributed by atoms with E-state index in [4.69, 9.17) is 4.74 Å². The van der Waals surface area contributed by atoms with Crippen molar-refractivity contribution in [2.75, 3.05) is 13.7 Å². The summed E-state index contributed by atoms with van der Waals surface area (Å²) in [6, 6.07) is 10.4. The average molecular weight is 419 g/mol. The molecular weight excluding hydrogens is 384 g/mol. The third-order valence-electron chi connectivity index (χ3n) is 5.79. The molecule has 3 rings (SSSR count). The lowest BCUT2D eigenvalue weighted by molar-refractivity contribution is -0.116. The van der Waals surface area contributed by atoms with Gasteiger partial charge in [0.25, 0.3) is 0 Å². The molecule has 0 saturated carbocycles. The number of benzene rings is 1. The number of pyridine rings is 1. The van der Waals surface area contributed by atoms with Crippen LogP contribution in [0.2, 0.25) is 0 Å². The SMILES string of the molecule is CCCCCC1=C(/C=C/C(=O)NCCCCc2cccnc2)Cc2cc(OC)ccc21. The van der Waals surface area contributed by atoms with Crippen molar-refractivity contribution in [2.24, 2.45) is 0 Å². The van der Waals surface area contributed by atoms with Crippen LogP contribution >= 0.6 is 0 Å². The van der Waals surface area contributed by atoms with Gasteiger partial charge in [0.1, 0.15) is 5.75 Å². The highest BCUT2D eigenvalue weighted by molar-refractivity contribution is 5.89. The second-order valence-corrected chi connectivity index (χ2v) is 8.10. The molecule has 0 spiro atoms. The molecule has 2 aromatic rings. The normalized spacial score (nSPS) is 13.0. The molecule has 164 valence electrons. The Bertz CT molecular complexity index is 916. The Kier molecular flexibility index (Phi) is 8.89. The first-order chi connectivity index (χ1) is 15.2. The van der Waals surface area contributed by atoms with Crippen molar-refractivity contribution in [1.82, 2.24) is 10.3 Å². The topological polar surface area (TPSA) is 51.2 Å². The van der Waals surface area contributed by atoms with Crippen molar-refractivity contribution < 1.29 is 9.53 Å². The van der Waals surface area contributed by atoms with Gasteiger partial charge < -0.3 is 10.1 Å². The van der Waals surface area contributed by atoms with E-state index in [9.17, 15) is 4.79 Å². The summed E-state index contributed by atoms with van der Waals surface area (Å²) in [7, 11) is 1.70. The maximum atomic E-state index is 12.3. The number of hydrogen-bond acceptors (Lipinski definition) is 3. The lowest BCUT2D eigenvalue weighted by Gasteiger charge is -2.08. The molecule has 0 bridgehead atoms. The Morgan fingerprint density at radius 1 is 1.16 bits per heavy atom. The first-order valence-corrected chi connectivity index (χ1v) is 11.5. The van der Waals surface area contributed by atoms with Gasteiger partial charge in [0.05, 0.1) is 7.11 Å². The lowest BCUT2D eigenvalue weighted by atomic mass is 9.99. The summed E-state index contributed by atoms with van der Waals surface area (Å²) in [5.74, 6) is 0.872. The number of nitrogens with zero attached hydrogens (tertiary/aromatic N) is 1. The number of rotatable bonds is 12. The molecule has 0 saturated heterocycles. The van der Waals surface area contributed by atoms with E-state index in [2.05, 4.69) is 35.4 Å². The molecular formula is C27H34N2O2. The van der Waals surface area contributed by atoms with Crippen LogP contribution in [0.1, 0.15) is 62.1 Å². The molecule has 1 N–H and O–H groups in total. The monoisotopic (exact) mass is 418 g/mol. The van der Waals surface area contributed by atoms with Crippen LogP contribution in [0.4, 0.5) is 0 Å². The van der Waals surface area contributed by atoms with E-state index in [1.54, 1.807) is 19.4 Å². The van der Waals surface area contributed by atoms with Gasteiger partial charge in [-0.25, -0.2) is 0 Å². The highest BCUT2D eigenvalue weighted by Crippen LogP contribution is 2.38. The molecule has 0 unspecified atom stereocenters. The van der Waals surface area contributed by atoms with Crippen molar-refractivity contribution in [3.63, 3.8) is 0 Å². The minimum atomic E-state index is -0.0182. The Morgan fingerprint density at radius 2 is 2.03 bits per heavy atom. The number of carbonyl (C=O) groups is 1. The third-order valence-corrected chi connectivity index (χ3v) is 5.79. The maximum absolute atomic E-state index is 12.3. The Hall–Kier alpha value is -2.88. The van der Waals surface area contributed by atoms with E-state index in [1.807, 2.05) is 24.4 Å². The van der Waals surface area contributed by atoms with Gasteiger partial charge in [-0.3, -0.25) is 9.78 Å². The van der Waals surface area contributed by atoms with Gasteiger partial charge >= 0.3 is 0 Å². The second-order valence-electron chi connectivity index (χ2n) is 8.10. The second kappa shape index (κ2) is 12.1. The van der Waals surface area contributed by atoms with Gasteiger partial charge in [0.2, 0.25) is 5.91 Å². The standard InChI is InChI=1S/C27H34N2O2/c1-3-4-5-11-25-22(18-23-19-24(31-2)13-14-26(23)25)12-15-27(30)29-17-7-6-9-21-10-8-16-28-20-21/h8,10,12-16,19-20H,3-7,9,11,17-18H2,1-2H3,(H,29,30)/b15-12+. The Morgan fingerprint density at radius 3 is 2.81 bits per heavy atom. The quantitative estimate of drug-likeness (QED) is 0.357. The molecule has 4 nitrogen and oxygen atoms in total. The number of hydrogen-bond donors (Lipinski definition) is 1. The van der Waals surface area contributed by atoms with Gasteiger partial charge in [-0.05, 0) is 84.6 Å². The number of aromatic nitrogens is 1. The number of fused-ring (bicyclic) bond motifs is 1. The summed E-state index contributed by atoms with van der Waals surface area (Å²) in [5, 5.41) is 3.02. The summed E-state index contributed by atoms with van der Waals surface area (Å²) in [5.41, 5.74) is 6.49. The van der Waals surface area contributed by atoms with Crippen molar-refractivity contribution in [2.45, 2.75) is 58.3 Å². The van der Waals surface area contributed by atoms with Crippen LogP contribution in [0, 0.1) is 0 Å². The minimum absolute atomic E-state index is 0.0182. The van der Waals surface area contributed by atoms with Gasteiger partial charge in [-0.15, -0.1) is 0 Å². The largest absolute Gasteiger partial charge is 0.497 e. The number of unbranched alkanes of at least 4 members (excludes halogenated alkanes) is 3. The van der Waals surface area contributed by atoms with Crippen molar-refractivity contribution >= 4 is 11.5 Å². The molecule has 1 amide bonds. The molecule has 0 radical (unpaired) electrons. The number of methoxy groups -OCH3 is 1. The zero-order chi connectivity index (χ0) is 21.9. The third kappa shape index (κ3) is 6.81. The highest BCUT2D eigenvalue weighted by Gasteiger charge is 2.20. The first kappa shape index (κ1) is 22.8. The van der Waals surface area contributed by atoms with E-state index < -0.39 is 0 Å². The van der Waals surface area contributed by atoms with E-state index >= 15 is 0 Å². The molecule has 0 aliphatic heterocycles. The summed E-state index contributed by atoms with van der Waals surface area (Å²) in [6.07, 6.45) is 15.9. The molecule has 31 heavy (non-hydrogen) atoms. The van der Waals surface area contributed by atoms with Crippen molar-refractivity contribution in [3.8, 4) is 5.75 Å². The predicted molar refractivity (Wildman–Crippen MR) is 127 cm³/mol. The summed E-state index contributed by atoms with van der Waals surface area (Å²) in [6.45, 7) is 2.92. The molecule has 1 heterocycles. The fourth-order valence-corrected chi connectivity index (χ4v) is 4.08. The minimum Gasteiger partial charge on any atom is -0.497 e. The number of carbonyl (C=O) groups excluding carboxylic acids is 1. The summed E-state index contributed by atoms with van der Waals surface area (Å²) in [4.78, 5) is 16.5. The smallest absolute Gasteiger partial charge is 0.243 e. The van der Waals surface area contributed by atoms with Crippen LogP contribution < -0.4 is 10.1 Å². The molecule has 0 atom stereocenters. The van der Waals surface area contributed by atoms with Gasteiger partial charge in [0.15, 0.2) is 0 Å². The zero-order valence-electron chi connectivity index (χ0n) is 18.8. The Balaban J connectivity index is 1.52. The fourth-order valence-electron chi connectivity index (χ4n) is 4.08. The molecule has 1 aromatic carbocycles. The molecule has 1 aliphatic carbocycles. The van der Waals surface area contributed by atoms with Crippen LogP contribution in [0.5, 0.6) is 5.75 Å². The van der Waals surface area contributed by atoms with Crippen LogP contribution in [0.15, 0.2) is 60.5 Å². The molecule has 4 heteroatoms. The Labute approximate surface area is 186 Å². The maximum Gasteiger partial charge on any atom is 0.243 e. The van der Waals surface area contributed by atoms with E-state index in [1.165, 1.54) is 47.1 Å². The number of ether oxygens (including phenoxy) is 1. The van der Waals surface area contributed by atoms with Crippen molar-refractivity contribution in [3.05, 3.63) is 77.1 Å². The van der Waals surface area contributed by atoms with Gasteiger partial charge in [-0.2, -0.15) is 0 Å². The average Bonchev–Trinajstić information content (AvgIpc) is 3.15. The van der Waals surface area contributed by atoms with Crippen LogP contribution in [0.25, 0.3) is 5.57 Å². The van der Waals surface area contributed by atoms with Crippen LogP contribution in [0.3, 0.4) is 0 Å². The lowest BCUT2D eigenvalue weighted by Crippen LogP contribution is -2.22. The van der Waals surface area contributed by atoms with Crippen molar-refractivity contribution in [1.29, 1.82) is 0 Å². The highest BCUT2D eigenvalue weighted by atomic mass is 16.5. The number of nitrogens with one attached hydrogen (secondary N) is 1. The molecule has 0 fully saturated rings. The number of allylic oxidation sites excluding steroid dienone is 3. The predicted octanol–water partition coefficient (Wildman–Crippen LogP) is 5.68. The fraction of sp³-hybridized carbons (Fsp3) is 0.407. The molecule has 1 aliphatic rings. The first-order valence-electron chi connectivity index (χ1n) is 11.5. The van der Waals surface area contributed by atoms with E-state index in [0.717, 1.165) is 37.9 Å². The van der Waals surface area contributed by atoms with E-state index in [-0.39, 0.29) is 5.91 Å². The number of amides is 1. The van der Waals surface area contributed by atoms with Gasteiger partial charge in [-0.1, -0.05) is 38.0 Å². The van der Waals surface area contributed by atoms with E-state index in [0.29, 0.717) is 6.54 Å². The van der Waals surface area contributed by atoms with Crippen LogP contribution in [-0.4, -0.2) is 24.5 Å². The summed E-state index contributed by atoms with van der Waals surface area (Å²) < 4.78 is 5.39. The zero-order valence-corrected chi connectivity index (χ0v) is 18.8. The van der Waals surface area contributed by atoms with Gasteiger partial charge in [0, 0.05) is 25.0 Å². The van der Waals surface area contributed by atoms with Crippen LogP contribution in [-0.2, 0) is 17.6 Å².